The highest BCUT2D eigenvalue weighted by atomic mass is 19.1. The molecule has 0 amide bonds. The smallest absolute Gasteiger partial charge is 0.338 e. The van der Waals surface area contributed by atoms with Crippen molar-refractivity contribution in [2.24, 2.45) is 0 Å². The largest absolute Gasteiger partial charge is 0.478 e. The zero-order valence-corrected chi connectivity index (χ0v) is 9.42. The van der Waals surface area contributed by atoms with Gasteiger partial charge in [-0.3, -0.25) is 4.79 Å². The average molecular weight is 248 g/mol. The summed E-state index contributed by atoms with van der Waals surface area (Å²) < 4.78 is 14.9. The van der Waals surface area contributed by atoms with Gasteiger partial charge in [0, 0.05) is 11.8 Å². The maximum atomic E-state index is 13.7. The number of aromatic nitrogens is 2. The highest BCUT2D eigenvalue weighted by molar-refractivity contribution is 5.94. The fraction of sp³-hybridized carbons (Fsp3) is 0.0833. The zero-order chi connectivity index (χ0) is 13.3. The van der Waals surface area contributed by atoms with Crippen molar-refractivity contribution < 1.29 is 19.1 Å². The minimum atomic E-state index is -1.14. The summed E-state index contributed by atoms with van der Waals surface area (Å²) in [5.41, 5.74) is 0.305. The highest BCUT2D eigenvalue weighted by Crippen LogP contribution is 2.15. The summed E-state index contributed by atoms with van der Waals surface area (Å²) in [6.07, 6.45) is 2.33. The Morgan fingerprint density at radius 2 is 2.06 bits per heavy atom. The second-order valence-corrected chi connectivity index (χ2v) is 3.70. The molecule has 0 atom stereocenters. The van der Waals surface area contributed by atoms with E-state index >= 15 is 0 Å². The van der Waals surface area contributed by atoms with Crippen LogP contribution in [0.15, 0.2) is 30.6 Å². The van der Waals surface area contributed by atoms with Crippen LogP contribution in [0.3, 0.4) is 0 Å². The monoisotopic (exact) mass is 248 g/mol. The molecule has 0 aliphatic rings. The Bertz CT molecular complexity index is 634. The number of carboxylic acids is 1. The van der Waals surface area contributed by atoms with Gasteiger partial charge in [-0.25, -0.2) is 13.9 Å². The van der Waals surface area contributed by atoms with E-state index in [0.29, 0.717) is 0 Å². The molecule has 1 aromatic carbocycles. The lowest BCUT2D eigenvalue weighted by molar-refractivity contribution is 0.0696. The van der Waals surface area contributed by atoms with Crippen LogP contribution in [0.25, 0.3) is 5.69 Å². The van der Waals surface area contributed by atoms with Crippen molar-refractivity contribution in [1.82, 2.24) is 9.78 Å². The molecule has 92 valence electrons. The number of carboxylic acid groups (broad SMARTS) is 1. The number of ketones is 1. The van der Waals surface area contributed by atoms with Crippen LogP contribution in [0.4, 0.5) is 4.39 Å². The summed E-state index contributed by atoms with van der Waals surface area (Å²) in [5.74, 6) is -2.02. The first-order valence-electron chi connectivity index (χ1n) is 5.08. The van der Waals surface area contributed by atoms with Crippen LogP contribution >= 0.6 is 0 Å². The van der Waals surface area contributed by atoms with E-state index in [1.807, 2.05) is 0 Å². The minimum absolute atomic E-state index is 0.0370. The second-order valence-electron chi connectivity index (χ2n) is 3.70. The summed E-state index contributed by atoms with van der Waals surface area (Å²) in [4.78, 5) is 21.8. The molecule has 0 saturated carbocycles. The van der Waals surface area contributed by atoms with E-state index in [4.69, 9.17) is 5.11 Å². The molecule has 0 unspecified atom stereocenters. The molecule has 2 rings (SSSR count). The van der Waals surface area contributed by atoms with E-state index in [1.165, 1.54) is 25.3 Å². The lowest BCUT2D eigenvalue weighted by Gasteiger charge is -2.04. The molecular formula is C12H9FN2O3. The van der Waals surface area contributed by atoms with Crippen LogP contribution in [0.2, 0.25) is 0 Å². The Morgan fingerprint density at radius 1 is 1.33 bits per heavy atom. The lowest BCUT2D eigenvalue weighted by Crippen LogP contribution is -2.01. The molecule has 1 N–H and O–H groups in total. The summed E-state index contributed by atoms with van der Waals surface area (Å²) in [6.45, 7) is 1.34. The SMILES string of the molecule is CC(=O)c1ccc(-n2cc(C(=O)O)cn2)c(F)c1. The fourth-order valence-electron chi connectivity index (χ4n) is 1.48. The number of nitrogens with zero attached hydrogens (tertiary/aromatic N) is 2. The molecule has 0 fully saturated rings. The average Bonchev–Trinajstić information content (AvgIpc) is 2.78. The predicted molar refractivity (Wildman–Crippen MR) is 60.5 cm³/mol. The molecule has 0 spiro atoms. The molecule has 0 aliphatic heterocycles. The molecule has 5 nitrogen and oxygen atoms in total. The van der Waals surface area contributed by atoms with Crippen LogP contribution < -0.4 is 0 Å². The third-order valence-electron chi connectivity index (χ3n) is 2.43. The Balaban J connectivity index is 2.44. The van der Waals surface area contributed by atoms with E-state index in [9.17, 15) is 14.0 Å². The van der Waals surface area contributed by atoms with Gasteiger partial charge in [-0.1, -0.05) is 0 Å². The van der Waals surface area contributed by atoms with Crippen LogP contribution in [-0.4, -0.2) is 26.6 Å². The third kappa shape index (κ3) is 2.13. The van der Waals surface area contributed by atoms with Crippen LogP contribution in [0, 0.1) is 5.82 Å². The van der Waals surface area contributed by atoms with Crippen molar-refractivity contribution in [3.8, 4) is 5.69 Å². The number of Topliss-reactive ketones (excluding diaryl/α,β-unsaturated/α-hetero) is 1. The number of hydrogen-bond acceptors (Lipinski definition) is 3. The number of carbonyl (C=O) groups is 2. The summed E-state index contributed by atoms with van der Waals surface area (Å²) in [6, 6.07) is 3.94. The summed E-state index contributed by atoms with van der Waals surface area (Å²) >= 11 is 0. The van der Waals surface area contributed by atoms with E-state index in [0.717, 1.165) is 16.9 Å². The van der Waals surface area contributed by atoms with Crippen LogP contribution in [0.5, 0.6) is 0 Å². The maximum absolute atomic E-state index is 13.7. The number of rotatable bonds is 3. The molecule has 1 heterocycles. The topological polar surface area (TPSA) is 72.2 Å². The van der Waals surface area contributed by atoms with Crippen molar-refractivity contribution >= 4 is 11.8 Å². The molecule has 0 bridgehead atoms. The number of benzene rings is 1. The Labute approximate surface area is 101 Å². The lowest BCUT2D eigenvalue weighted by atomic mass is 10.1. The Kier molecular flexibility index (Phi) is 2.93. The first-order valence-corrected chi connectivity index (χ1v) is 5.08. The normalized spacial score (nSPS) is 10.3. The molecule has 6 heteroatoms. The van der Waals surface area contributed by atoms with Gasteiger partial charge in [0.25, 0.3) is 0 Å². The van der Waals surface area contributed by atoms with E-state index < -0.39 is 11.8 Å². The quantitative estimate of drug-likeness (QED) is 0.842. The van der Waals surface area contributed by atoms with Crippen molar-refractivity contribution in [3.05, 3.63) is 47.5 Å². The van der Waals surface area contributed by atoms with Gasteiger partial charge >= 0.3 is 5.97 Å². The van der Waals surface area contributed by atoms with Crippen molar-refractivity contribution in [2.75, 3.05) is 0 Å². The first-order chi connectivity index (χ1) is 8.49. The van der Waals surface area contributed by atoms with Gasteiger partial charge < -0.3 is 5.11 Å². The van der Waals surface area contributed by atoms with Gasteiger partial charge in [-0.05, 0) is 25.1 Å². The van der Waals surface area contributed by atoms with Gasteiger partial charge in [-0.15, -0.1) is 0 Å². The first kappa shape index (κ1) is 12.0. The Morgan fingerprint density at radius 3 is 2.56 bits per heavy atom. The number of hydrogen-bond donors (Lipinski definition) is 1. The minimum Gasteiger partial charge on any atom is -0.478 e. The molecule has 2 aromatic rings. The van der Waals surface area contributed by atoms with E-state index in [2.05, 4.69) is 5.10 Å². The van der Waals surface area contributed by atoms with Crippen molar-refractivity contribution in [3.63, 3.8) is 0 Å². The number of aromatic carboxylic acids is 1. The van der Waals surface area contributed by atoms with Gasteiger partial charge in [0.05, 0.1) is 11.8 Å². The Hall–Kier alpha value is -2.50. The zero-order valence-electron chi connectivity index (χ0n) is 9.42. The van der Waals surface area contributed by atoms with Gasteiger partial charge in [0.1, 0.15) is 11.5 Å². The maximum Gasteiger partial charge on any atom is 0.338 e. The van der Waals surface area contributed by atoms with Crippen molar-refractivity contribution in [2.45, 2.75) is 6.92 Å². The van der Waals surface area contributed by atoms with Gasteiger partial charge in [0.15, 0.2) is 5.78 Å². The fourth-order valence-corrected chi connectivity index (χ4v) is 1.48. The summed E-state index contributed by atoms with van der Waals surface area (Å²) in [7, 11) is 0. The van der Waals surface area contributed by atoms with Gasteiger partial charge in [-0.2, -0.15) is 5.10 Å². The molecule has 0 aliphatic carbocycles. The second kappa shape index (κ2) is 4.40. The predicted octanol–water partition coefficient (Wildman–Crippen LogP) is 1.91. The van der Waals surface area contributed by atoms with Crippen molar-refractivity contribution in [1.29, 1.82) is 0 Å². The summed E-state index contributed by atoms with van der Waals surface area (Å²) in [5, 5.41) is 12.5. The van der Waals surface area contributed by atoms with Gasteiger partial charge in [0.2, 0.25) is 0 Å². The highest BCUT2D eigenvalue weighted by Gasteiger charge is 2.11. The molecule has 0 saturated heterocycles. The number of carbonyl (C=O) groups excluding carboxylic acids is 1. The molecular weight excluding hydrogens is 239 g/mol. The van der Waals surface area contributed by atoms with Crippen LogP contribution in [-0.2, 0) is 0 Å². The molecule has 1 aromatic heterocycles. The molecule has 0 radical (unpaired) electrons. The standard InChI is InChI=1S/C12H9FN2O3/c1-7(16)8-2-3-11(10(13)4-8)15-6-9(5-14-15)12(17)18/h2-6H,1H3,(H,17,18). The molecule has 18 heavy (non-hydrogen) atoms. The van der Waals surface area contributed by atoms with E-state index in [-0.39, 0.29) is 22.6 Å². The number of halogens is 1. The third-order valence-corrected chi connectivity index (χ3v) is 2.43. The van der Waals surface area contributed by atoms with E-state index in [1.54, 1.807) is 0 Å². The van der Waals surface area contributed by atoms with Crippen LogP contribution in [0.1, 0.15) is 27.6 Å².